The van der Waals surface area contributed by atoms with Gasteiger partial charge in [-0.25, -0.2) is 4.79 Å². The Balaban J connectivity index is 3.54. The molecule has 0 rings (SSSR count). The highest BCUT2D eigenvalue weighted by atomic mass is 32.1. The molecule has 0 aliphatic heterocycles. The van der Waals surface area contributed by atoms with E-state index in [0.717, 1.165) is 12.8 Å². The van der Waals surface area contributed by atoms with Crippen molar-refractivity contribution in [3.05, 3.63) is 0 Å². The summed E-state index contributed by atoms with van der Waals surface area (Å²) in [5.41, 5.74) is 0. The molecular weight excluding hydrogens is 216 g/mol. The van der Waals surface area contributed by atoms with Crippen LogP contribution in [0.1, 0.15) is 45.4 Å². The summed E-state index contributed by atoms with van der Waals surface area (Å²) < 4.78 is 0. The SMILES string of the molecule is CCCCCCCC(=S)C(=S)C(=O)O. The molecule has 0 amide bonds. The van der Waals surface area contributed by atoms with Crippen LogP contribution in [0.5, 0.6) is 0 Å². The molecule has 0 aliphatic rings. The van der Waals surface area contributed by atoms with Crippen LogP contribution in [0.15, 0.2) is 0 Å². The molecule has 0 aromatic heterocycles. The van der Waals surface area contributed by atoms with Crippen LogP contribution in [-0.4, -0.2) is 20.8 Å². The van der Waals surface area contributed by atoms with Crippen LogP contribution >= 0.6 is 24.4 Å². The Kier molecular flexibility index (Phi) is 7.80. The summed E-state index contributed by atoms with van der Waals surface area (Å²) in [5.74, 6) is -1.07. The predicted octanol–water partition coefficient (Wildman–Crippen LogP) is 3.17. The fourth-order valence-electron chi connectivity index (χ4n) is 1.12. The van der Waals surface area contributed by atoms with Crippen LogP contribution in [0.2, 0.25) is 0 Å². The van der Waals surface area contributed by atoms with Crippen molar-refractivity contribution in [1.29, 1.82) is 0 Å². The number of carboxylic acids is 1. The fraction of sp³-hybridized carbons (Fsp3) is 0.700. The Morgan fingerprint density at radius 1 is 1.14 bits per heavy atom. The topological polar surface area (TPSA) is 37.3 Å². The molecule has 0 heterocycles. The van der Waals surface area contributed by atoms with Crippen molar-refractivity contribution in [3.63, 3.8) is 0 Å². The molecule has 80 valence electrons. The van der Waals surface area contributed by atoms with E-state index in [9.17, 15) is 4.79 Å². The Labute approximate surface area is 95.7 Å². The average molecular weight is 232 g/mol. The van der Waals surface area contributed by atoms with Crippen LogP contribution in [0.25, 0.3) is 0 Å². The summed E-state index contributed by atoms with van der Waals surface area (Å²) in [7, 11) is 0. The zero-order valence-corrected chi connectivity index (χ0v) is 10.0. The summed E-state index contributed by atoms with van der Waals surface area (Å²) in [6.45, 7) is 2.16. The highest BCUT2D eigenvalue weighted by Gasteiger charge is 2.11. The number of carbonyl (C=O) groups is 1. The van der Waals surface area contributed by atoms with Crippen molar-refractivity contribution in [3.8, 4) is 0 Å². The minimum absolute atomic E-state index is 0.0875. The molecule has 0 aliphatic carbocycles. The molecule has 0 aromatic rings. The van der Waals surface area contributed by atoms with Gasteiger partial charge in [0.1, 0.15) is 4.86 Å². The average Bonchev–Trinajstić information content (AvgIpc) is 2.16. The maximum atomic E-state index is 10.4. The second kappa shape index (κ2) is 8.00. The van der Waals surface area contributed by atoms with E-state index in [1.807, 2.05) is 0 Å². The highest BCUT2D eigenvalue weighted by Crippen LogP contribution is 2.06. The fourth-order valence-corrected chi connectivity index (χ4v) is 1.46. The van der Waals surface area contributed by atoms with Gasteiger partial charge in [-0.2, -0.15) is 0 Å². The lowest BCUT2D eigenvalue weighted by Crippen LogP contribution is -2.19. The second-order valence-electron chi connectivity index (χ2n) is 3.22. The van der Waals surface area contributed by atoms with Gasteiger partial charge in [0.2, 0.25) is 0 Å². The summed E-state index contributed by atoms with van der Waals surface area (Å²) in [5, 5.41) is 8.56. The Morgan fingerprint density at radius 3 is 2.21 bits per heavy atom. The van der Waals surface area contributed by atoms with E-state index >= 15 is 0 Å². The van der Waals surface area contributed by atoms with E-state index in [1.165, 1.54) is 19.3 Å². The first-order valence-corrected chi connectivity index (χ1v) is 5.71. The van der Waals surface area contributed by atoms with Gasteiger partial charge in [0.15, 0.2) is 0 Å². The van der Waals surface area contributed by atoms with Gasteiger partial charge in [-0.1, -0.05) is 57.0 Å². The first-order chi connectivity index (χ1) is 6.59. The molecule has 4 heteroatoms. The molecule has 0 fully saturated rings. The van der Waals surface area contributed by atoms with Crippen molar-refractivity contribution in [2.24, 2.45) is 0 Å². The van der Waals surface area contributed by atoms with Gasteiger partial charge in [0.05, 0.1) is 0 Å². The van der Waals surface area contributed by atoms with E-state index < -0.39 is 5.97 Å². The molecule has 0 radical (unpaired) electrons. The van der Waals surface area contributed by atoms with Crippen molar-refractivity contribution >= 4 is 40.1 Å². The number of hydrogen-bond donors (Lipinski definition) is 1. The van der Waals surface area contributed by atoms with Gasteiger partial charge in [0, 0.05) is 4.86 Å². The largest absolute Gasteiger partial charge is 0.477 e. The van der Waals surface area contributed by atoms with Crippen LogP contribution < -0.4 is 0 Å². The lowest BCUT2D eigenvalue weighted by atomic mass is 10.1. The Hall–Kier alpha value is -0.350. The Bertz CT molecular complexity index is 224. The number of carboxylic acid groups (broad SMARTS) is 1. The van der Waals surface area contributed by atoms with E-state index in [1.54, 1.807) is 0 Å². The van der Waals surface area contributed by atoms with Crippen molar-refractivity contribution < 1.29 is 9.90 Å². The zero-order valence-electron chi connectivity index (χ0n) is 8.41. The van der Waals surface area contributed by atoms with Crippen LogP contribution in [0.4, 0.5) is 0 Å². The van der Waals surface area contributed by atoms with Crippen LogP contribution in [0, 0.1) is 0 Å². The Morgan fingerprint density at radius 2 is 1.71 bits per heavy atom. The molecule has 0 spiro atoms. The first-order valence-electron chi connectivity index (χ1n) is 4.90. The number of aliphatic carboxylic acids is 1. The molecule has 0 bridgehead atoms. The molecule has 2 nitrogen and oxygen atoms in total. The standard InChI is InChI=1S/C10H16O2S2/c1-2-3-4-5-6-7-8(13)9(14)10(11)12/h2-7H2,1H3,(H,11,12). The molecule has 14 heavy (non-hydrogen) atoms. The normalized spacial score (nSPS) is 9.79. The van der Waals surface area contributed by atoms with E-state index in [4.69, 9.17) is 17.3 Å². The maximum absolute atomic E-state index is 10.4. The lowest BCUT2D eigenvalue weighted by Gasteiger charge is -2.01. The molecule has 0 atom stereocenters. The lowest BCUT2D eigenvalue weighted by molar-refractivity contribution is -0.128. The summed E-state index contributed by atoms with van der Waals surface area (Å²) >= 11 is 9.57. The third kappa shape index (κ3) is 6.16. The van der Waals surface area contributed by atoms with E-state index in [2.05, 4.69) is 19.1 Å². The molecule has 0 saturated heterocycles. The smallest absolute Gasteiger partial charge is 0.347 e. The molecule has 0 unspecified atom stereocenters. The quantitative estimate of drug-likeness (QED) is 0.515. The van der Waals surface area contributed by atoms with Crippen LogP contribution in [-0.2, 0) is 4.79 Å². The number of unbranched alkanes of at least 4 members (excludes halogenated alkanes) is 4. The monoisotopic (exact) mass is 232 g/mol. The van der Waals surface area contributed by atoms with Crippen molar-refractivity contribution in [2.45, 2.75) is 45.4 Å². The molecule has 0 aromatic carbocycles. The summed E-state index contributed by atoms with van der Waals surface area (Å²) in [6, 6.07) is 0. The van der Waals surface area contributed by atoms with Gasteiger partial charge in [0.25, 0.3) is 0 Å². The molecular formula is C10H16O2S2. The summed E-state index contributed by atoms with van der Waals surface area (Å²) in [4.78, 5) is 10.8. The van der Waals surface area contributed by atoms with Crippen molar-refractivity contribution in [2.75, 3.05) is 0 Å². The molecule has 1 N–H and O–H groups in total. The van der Waals surface area contributed by atoms with Gasteiger partial charge < -0.3 is 5.11 Å². The third-order valence-corrected chi connectivity index (χ3v) is 2.91. The van der Waals surface area contributed by atoms with Gasteiger partial charge in [-0.3, -0.25) is 0 Å². The van der Waals surface area contributed by atoms with Crippen molar-refractivity contribution in [1.82, 2.24) is 0 Å². The van der Waals surface area contributed by atoms with Gasteiger partial charge in [-0.15, -0.1) is 0 Å². The number of thiocarbonyl (C=S) groups is 2. The maximum Gasteiger partial charge on any atom is 0.347 e. The second-order valence-corrected chi connectivity index (χ2v) is 4.12. The molecule has 0 saturated carbocycles. The van der Waals surface area contributed by atoms with Crippen LogP contribution in [0.3, 0.4) is 0 Å². The minimum Gasteiger partial charge on any atom is -0.477 e. The first kappa shape index (κ1) is 13.7. The number of hydrogen-bond acceptors (Lipinski definition) is 3. The highest BCUT2D eigenvalue weighted by molar-refractivity contribution is 7.90. The van der Waals surface area contributed by atoms with Gasteiger partial charge in [-0.05, 0) is 12.8 Å². The number of rotatable bonds is 8. The predicted molar refractivity (Wildman–Crippen MR) is 66.2 cm³/mol. The summed E-state index contributed by atoms with van der Waals surface area (Å²) in [6.07, 6.45) is 6.33. The zero-order chi connectivity index (χ0) is 11.0. The van der Waals surface area contributed by atoms with Gasteiger partial charge >= 0.3 is 5.97 Å². The van der Waals surface area contributed by atoms with E-state index in [0.29, 0.717) is 11.3 Å². The third-order valence-electron chi connectivity index (χ3n) is 1.95. The van der Waals surface area contributed by atoms with E-state index in [-0.39, 0.29) is 4.86 Å². The minimum atomic E-state index is -1.07.